The van der Waals surface area contributed by atoms with Crippen LogP contribution in [-0.4, -0.2) is 11.8 Å². The van der Waals surface area contributed by atoms with Crippen LogP contribution in [0, 0.1) is 5.82 Å². The van der Waals surface area contributed by atoms with E-state index in [0.717, 1.165) is 12.1 Å². The molecule has 0 spiro atoms. The van der Waals surface area contributed by atoms with E-state index in [1.165, 1.54) is 6.92 Å². The molecule has 3 nitrogen and oxygen atoms in total. The van der Waals surface area contributed by atoms with Crippen molar-refractivity contribution in [1.29, 1.82) is 0 Å². The number of esters is 1. The summed E-state index contributed by atoms with van der Waals surface area (Å²) in [4.78, 5) is 23.4. The first-order valence-electron chi connectivity index (χ1n) is 5.76. The van der Waals surface area contributed by atoms with Gasteiger partial charge in [0.25, 0.3) is 0 Å². The summed E-state index contributed by atoms with van der Waals surface area (Å²) in [5.41, 5.74) is 0.316. The van der Waals surface area contributed by atoms with Gasteiger partial charge < -0.3 is 4.74 Å². The Morgan fingerprint density at radius 3 is 2.40 bits per heavy atom. The third kappa shape index (κ3) is 3.03. The van der Waals surface area contributed by atoms with Gasteiger partial charge in [0.15, 0.2) is 5.78 Å². The Morgan fingerprint density at radius 2 is 1.80 bits per heavy atom. The van der Waals surface area contributed by atoms with Crippen molar-refractivity contribution >= 4 is 23.4 Å². The Hall–Kier alpha value is -2.20. The molecule has 0 saturated carbocycles. The summed E-state index contributed by atoms with van der Waals surface area (Å²) in [6, 6.07) is 10.4. The number of carbonyl (C=O) groups excluding carboxylic acids is 2. The first-order chi connectivity index (χ1) is 9.49. The largest absolute Gasteiger partial charge is 0.426 e. The minimum absolute atomic E-state index is 0.0479. The van der Waals surface area contributed by atoms with Crippen molar-refractivity contribution in [3.05, 3.63) is 64.4 Å². The summed E-state index contributed by atoms with van der Waals surface area (Å²) in [5, 5.41) is -0.217. The fourth-order valence-electron chi connectivity index (χ4n) is 1.69. The maximum absolute atomic E-state index is 13.5. The standard InChI is InChI=1S/C15H10ClFO3/c1-9(18)20-14-8-12(16)13(17)7-11(14)15(19)10-5-3-2-4-6-10/h2-8H,1H3. The van der Waals surface area contributed by atoms with Crippen molar-refractivity contribution in [1.82, 2.24) is 0 Å². The molecule has 0 aliphatic rings. The van der Waals surface area contributed by atoms with Gasteiger partial charge in [0.2, 0.25) is 0 Å². The van der Waals surface area contributed by atoms with Crippen molar-refractivity contribution in [3.63, 3.8) is 0 Å². The second-order valence-electron chi connectivity index (χ2n) is 4.05. The van der Waals surface area contributed by atoms with Gasteiger partial charge in [0, 0.05) is 18.6 Å². The van der Waals surface area contributed by atoms with Crippen LogP contribution in [0.4, 0.5) is 4.39 Å². The molecule has 0 aliphatic carbocycles. The summed E-state index contributed by atoms with van der Waals surface area (Å²) < 4.78 is 18.5. The third-order valence-corrected chi connectivity index (χ3v) is 2.85. The van der Waals surface area contributed by atoms with E-state index in [2.05, 4.69) is 0 Å². The molecule has 0 bridgehead atoms. The SMILES string of the molecule is CC(=O)Oc1cc(Cl)c(F)cc1C(=O)c1ccccc1. The zero-order valence-electron chi connectivity index (χ0n) is 10.5. The minimum Gasteiger partial charge on any atom is -0.426 e. The topological polar surface area (TPSA) is 43.4 Å². The number of ether oxygens (including phenoxy) is 1. The second-order valence-corrected chi connectivity index (χ2v) is 4.46. The van der Waals surface area contributed by atoms with Crippen molar-refractivity contribution in [2.24, 2.45) is 0 Å². The van der Waals surface area contributed by atoms with Crippen LogP contribution >= 0.6 is 11.6 Å². The molecule has 0 N–H and O–H groups in total. The highest BCUT2D eigenvalue weighted by molar-refractivity contribution is 6.31. The van der Waals surface area contributed by atoms with E-state index < -0.39 is 17.6 Å². The Kier molecular flexibility index (Phi) is 4.15. The van der Waals surface area contributed by atoms with Crippen molar-refractivity contribution in [2.75, 3.05) is 0 Å². The average Bonchev–Trinajstić information content (AvgIpc) is 2.42. The Morgan fingerprint density at radius 1 is 1.15 bits per heavy atom. The molecule has 0 aliphatic heterocycles. The van der Waals surface area contributed by atoms with Crippen LogP contribution < -0.4 is 4.74 Å². The summed E-state index contributed by atoms with van der Waals surface area (Å²) in [7, 11) is 0. The molecule has 0 heterocycles. The first-order valence-corrected chi connectivity index (χ1v) is 6.14. The highest BCUT2D eigenvalue weighted by Gasteiger charge is 2.19. The minimum atomic E-state index is -0.748. The van der Waals surface area contributed by atoms with E-state index in [1.807, 2.05) is 0 Å². The van der Waals surface area contributed by atoms with E-state index >= 15 is 0 Å². The number of halogens is 2. The Labute approximate surface area is 119 Å². The van der Waals surface area contributed by atoms with Gasteiger partial charge in [-0.3, -0.25) is 9.59 Å². The lowest BCUT2D eigenvalue weighted by atomic mass is 10.0. The van der Waals surface area contributed by atoms with Crippen LogP contribution in [0.1, 0.15) is 22.8 Å². The monoisotopic (exact) mass is 292 g/mol. The molecule has 0 saturated heterocycles. The molecule has 0 radical (unpaired) electrons. The van der Waals surface area contributed by atoms with Gasteiger partial charge in [-0.2, -0.15) is 0 Å². The molecule has 20 heavy (non-hydrogen) atoms. The molecule has 0 atom stereocenters. The predicted molar refractivity (Wildman–Crippen MR) is 72.6 cm³/mol. The first kappa shape index (κ1) is 14.2. The van der Waals surface area contributed by atoms with Gasteiger partial charge in [-0.05, 0) is 6.07 Å². The van der Waals surface area contributed by atoms with Gasteiger partial charge in [-0.1, -0.05) is 41.9 Å². The molecular weight excluding hydrogens is 283 g/mol. The maximum atomic E-state index is 13.5. The molecule has 0 unspecified atom stereocenters. The van der Waals surface area contributed by atoms with Gasteiger partial charge in [-0.25, -0.2) is 4.39 Å². The Balaban J connectivity index is 2.52. The number of benzene rings is 2. The molecule has 0 aromatic heterocycles. The van der Waals surface area contributed by atoms with E-state index in [9.17, 15) is 14.0 Å². The maximum Gasteiger partial charge on any atom is 0.308 e. The molecule has 5 heteroatoms. The smallest absolute Gasteiger partial charge is 0.308 e. The third-order valence-electron chi connectivity index (χ3n) is 2.56. The van der Waals surface area contributed by atoms with Gasteiger partial charge in [-0.15, -0.1) is 0 Å². The van der Waals surface area contributed by atoms with Crippen molar-refractivity contribution < 1.29 is 18.7 Å². The number of carbonyl (C=O) groups is 2. The zero-order chi connectivity index (χ0) is 14.7. The lowest BCUT2D eigenvalue weighted by Crippen LogP contribution is -2.09. The molecular formula is C15H10ClFO3. The number of hydrogen-bond acceptors (Lipinski definition) is 3. The second kappa shape index (κ2) is 5.84. The highest BCUT2D eigenvalue weighted by Crippen LogP contribution is 2.28. The highest BCUT2D eigenvalue weighted by atomic mass is 35.5. The fourth-order valence-corrected chi connectivity index (χ4v) is 1.84. The van der Waals surface area contributed by atoms with Crippen LogP contribution in [0.3, 0.4) is 0 Å². The molecule has 102 valence electrons. The van der Waals surface area contributed by atoms with E-state index in [4.69, 9.17) is 16.3 Å². The lowest BCUT2D eigenvalue weighted by Gasteiger charge is -2.09. The lowest BCUT2D eigenvalue weighted by molar-refractivity contribution is -0.131. The normalized spacial score (nSPS) is 10.2. The summed E-state index contributed by atoms with van der Waals surface area (Å²) in [6.45, 7) is 1.19. The van der Waals surface area contributed by atoms with E-state index in [1.54, 1.807) is 30.3 Å². The number of ketones is 1. The van der Waals surface area contributed by atoms with Crippen LogP contribution in [0.15, 0.2) is 42.5 Å². The quantitative estimate of drug-likeness (QED) is 0.493. The fraction of sp³-hybridized carbons (Fsp3) is 0.0667. The van der Waals surface area contributed by atoms with Crippen molar-refractivity contribution in [2.45, 2.75) is 6.92 Å². The van der Waals surface area contributed by atoms with Crippen molar-refractivity contribution in [3.8, 4) is 5.75 Å². The number of hydrogen-bond donors (Lipinski definition) is 0. The average molecular weight is 293 g/mol. The summed E-state index contributed by atoms with van der Waals surface area (Å²) in [6.07, 6.45) is 0. The molecule has 2 aromatic carbocycles. The molecule has 0 amide bonds. The van der Waals surface area contributed by atoms with E-state index in [0.29, 0.717) is 5.56 Å². The molecule has 2 rings (SSSR count). The van der Waals surface area contributed by atoms with Crippen LogP contribution in [0.25, 0.3) is 0 Å². The zero-order valence-corrected chi connectivity index (χ0v) is 11.3. The Bertz CT molecular complexity index is 668. The molecule has 0 fully saturated rings. The number of rotatable bonds is 3. The van der Waals surface area contributed by atoms with Crippen LogP contribution in [-0.2, 0) is 4.79 Å². The molecule has 2 aromatic rings. The van der Waals surface area contributed by atoms with Crippen LogP contribution in [0.2, 0.25) is 5.02 Å². The van der Waals surface area contributed by atoms with Crippen LogP contribution in [0.5, 0.6) is 5.75 Å². The van der Waals surface area contributed by atoms with Gasteiger partial charge in [0.1, 0.15) is 11.6 Å². The summed E-state index contributed by atoms with van der Waals surface area (Å²) >= 11 is 5.64. The van der Waals surface area contributed by atoms with Gasteiger partial charge >= 0.3 is 5.97 Å². The van der Waals surface area contributed by atoms with Gasteiger partial charge in [0.05, 0.1) is 10.6 Å². The predicted octanol–water partition coefficient (Wildman–Crippen LogP) is 3.64. The van der Waals surface area contributed by atoms with E-state index in [-0.39, 0.29) is 16.3 Å². The summed E-state index contributed by atoms with van der Waals surface area (Å²) in [5.74, 6) is -1.87.